The van der Waals surface area contributed by atoms with Gasteiger partial charge in [0.05, 0.1) is 0 Å². The van der Waals surface area contributed by atoms with Crippen molar-refractivity contribution in [2.75, 3.05) is 6.61 Å². The molecule has 1 aliphatic heterocycles. The van der Waals surface area contributed by atoms with Crippen molar-refractivity contribution in [1.29, 1.82) is 0 Å². The second-order valence-corrected chi connectivity index (χ2v) is 7.23. The summed E-state index contributed by atoms with van der Waals surface area (Å²) in [6.07, 6.45) is 9.05. The summed E-state index contributed by atoms with van der Waals surface area (Å²) in [5.41, 5.74) is -0.543. The summed E-state index contributed by atoms with van der Waals surface area (Å²) in [4.78, 5) is 25.5. The van der Waals surface area contributed by atoms with E-state index in [4.69, 9.17) is 13.8 Å². The summed E-state index contributed by atoms with van der Waals surface area (Å²) in [6, 6.07) is 0. The quantitative estimate of drug-likeness (QED) is 0.610. The highest BCUT2D eigenvalue weighted by Gasteiger charge is 2.31. The van der Waals surface area contributed by atoms with E-state index in [-0.39, 0.29) is 12.7 Å². The molecule has 0 bridgehead atoms. The molecule has 25 heavy (non-hydrogen) atoms. The van der Waals surface area contributed by atoms with Crippen molar-refractivity contribution < 1.29 is 18.3 Å². The van der Waals surface area contributed by atoms with Gasteiger partial charge in [-0.3, -0.25) is 14.3 Å². The van der Waals surface area contributed by atoms with Crippen LogP contribution in [0.15, 0.2) is 27.9 Å². The number of hydrogen-bond donors (Lipinski definition) is 1. The van der Waals surface area contributed by atoms with Crippen LogP contribution in [0.1, 0.15) is 43.9 Å². The average Bonchev–Trinajstić information content (AvgIpc) is 3.06. The summed E-state index contributed by atoms with van der Waals surface area (Å²) >= 11 is 0. The smallest absolute Gasteiger partial charge is 0.344 e. The molecule has 0 radical (unpaired) electrons. The minimum atomic E-state index is -2.18. The number of H-pyrrole nitrogens is 1. The van der Waals surface area contributed by atoms with Crippen molar-refractivity contribution in [2.24, 2.45) is 0 Å². The Balaban J connectivity index is 1.49. The molecule has 9 heteroatoms. The van der Waals surface area contributed by atoms with Gasteiger partial charge in [-0.25, -0.2) is 4.79 Å². The van der Waals surface area contributed by atoms with Gasteiger partial charge in [-0.2, -0.15) is 0 Å². The predicted octanol–water partition coefficient (Wildman–Crippen LogP) is 2.32. The minimum absolute atomic E-state index is 0.00726. The summed E-state index contributed by atoms with van der Waals surface area (Å²) in [5.74, 6) is 0. The van der Waals surface area contributed by atoms with Crippen molar-refractivity contribution in [2.45, 2.75) is 57.5 Å². The number of aromatic amines is 1. The molecule has 1 N–H and O–H groups in total. The topological polar surface area (TPSA) is 99.6 Å². The number of nitrogens with one attached hydrogen (secondary N) is 1. The Bertz CT molecular complexity index is 765. The van der Waals surface area contributed by atoms with Crippen LogP contribution in [0.25, 0.3) is 0 Å². The van der Waals surface area contributed by atoms with Crippen LogP contribution in [0.3, 0.4) is 0 Å². The molecule has 2 aliphatic rings. The first-order chi connectivity index (χ1) is 12.0. The lowest BCUT2D eigenvalue weighted by atomic mass is 9.98. The first-order valence-electron chi connectivity index (χ1n) is 8.46. The standard InChI is InChI=1S/C16H21N2O6P/c1-11-9-18(16(20)17-15(11)19)14-8-7-13(23-14)10-22-25(21)24-12-5-3-2-4-6-12/h7-9,12-14H,2-6,10H2,1H3/p+1/t13-,14+/m0/s1. The Hall–Kier alpha value is -1.60. The van der Waals surface area contributed by atoms with Crippen LogP contribution in [-0.2, 0) is 18.3 Å². The van der Waals surface area contributed by atoms with Gasteiger partial charge >= 0.3 is 13.9 Å². The highest BCUT2D eigenvalue weighted by Crippen LogP contribution is 2.33. The average molecular weight is 369 g/mol. The largest absolute Gasteiger partial charge is 0.697 e. The number of hydrogen-bond acceptors (Lipinski definition) is 6. The van der Waals surface area contributed by atoms with Crippen molar-refractivity contribution >= 4 is 8.25 Å². The zero-order chi connectivity index (χ0) is 17.8. The fraction of sp³-hybridized carbons (Fsp3) is 0.625. The van der Waals surface area contributed by atoms with Gasteiger partial charge in [-0.15, -0.1) is 9.05 Å². The van der Waals surface area contributed by atoms with E-state index < -0.39 is 31.8 Å². The van der Waals surface area contributed by atoms with Gasteiger partial charge in [0.15, 0.2) is 6.23 Å². The van der Waals surface area contributed by atoms with Crippen LogP contribution >= 0.6 is 8.25 Å². The third-order valence-corrected chi connectivity index (χ3v) is 5.19. The molecule has 1 saturated carbocycles. The molecular weight excluding hydrogens is 347 g/mol. The fourth-order valence-electron chi connectivity index (χ4n) is 2.97. The maximum Gasteiger partial charge on any atom is 0.697 e. The van der Waals surface area contributed by atoms with E-state index in [0.717, 1.165) is 25.7 Å². The highest BCUT2D eigenvalue weighted by atomic mass is 31.1. The van der Waals surface area contributed by atoms with Crippen molar-refractivity contribution in [3.63, 3.8) is 0 Å². The van der Waals surface area contributed by atoms with Crippen LogP contribution in [0.4, 0.5) is 0 Å². The summed E-state index contributed by atoms with van der Waals surface area (Å²) < 4.78 is 29.5. The number of aryl methyl sites for hydroxylation is 1. The van der Waals surface area contributed by atoms with E-state index in [0.29, 0.717) is 5.56 Å². The summed E-state index contributed by atoms with van der Waals surface area (Å²) in [7, 11) is -2.18. The second kappa shape index (κ2) is 8.19. The molecule has 0 aromatic carbocycles. The van der Waals surface area contributed by atoms with E-state index in [1.165, 1.54) is 17.2 Å². The number of aromatic nitrogens is 2. The predicted molar refractivity (Wildman–Crippen MR) is 90.6 cm³/mol. The molecule has 8 nitrogen and oxygen atoms in total. The summed E-state index contributed by atoms with van der Waals surface area (Å²) in [5, 5.41) is 0. The van der Waals surface area contributed by atoms with Crippen LogP contribution in [0.5, 0.6) is 0 Å². The molecule has 1 aromatic heterocycles. The molecule has 1 aliphatic carbocycles. The van der Waals surface area contributed by atoms with Crippen molar-refractivity contribution in [3.8, 4) is 0 Å². The van der Waals surface area contributed by atoms with Gasteiger partial charge < -0.3 is 4.74 Å². The fourth-order valence-corrected chi connectivity index (χ4v) is 3.76. The molecule has 1 aromatic rings. The third-order valence-electron chi connectivity index (χ3n) is 4.36. The molecule has 3 atom stereocenters. The molecule has 1 fully saturated rings. The molecule has 0 spiro atoms. The SMILES string of the molecule is Cc1cn([C@H]2C=C[C@@H](CO[P+](=O)OC3CCCCC3)O2)c(=O)[nH]c1=O. The lowest BCUT2D eigenvalue weighted by molar-refractivity contribution is -0.00841. The maximum absolute atomic E-state index is 11.9. The number of nitrogens with zero attached hydrogens (tertiary/aromatic N) is 1. The van der Waals surface area contributed by atoms with Gasteiger partial charge in [0.25, 0.3) is 5.56 Å². The molecule has 136 valence electrons. The zero-order valence-corrected chi connectivity index (χ0v) is 14.9. The normalized spacial score (nSPS) is 24.6. The third kappa shape index (κ3) is 4.73. The Labute approximate surface area is 145 Å². The minimum Gasteiger partial charge on any atom is -0.344 e. The van der Waals surface area contributed by atoms with Crippen molar-refractivity contribution in [3.05, 3.63) is 44.8 Å². The van der Waals surface area contributed by atoms with Gasteiger partial charge in [-0.05, 0) is 25.8 Å². The lowest BCUT2D eigenvalue weighted by Crippen LogP contribution is -2.33. The first kappa shape index (κ1) is 18.2. The molecule has 2 heterocycles. The van der Waals surface area contributed by atoms with Crippen LogP contribution in [0, 0.1) is 6.92 Å². The highest BCUT2D eigenvalue weighted by molar-refractivity contribution is 7.33. The van der Waals surface area contributed by atoms with Gasteiger partial charge in [0.1, 0.15) is 18.8 Å². The molecular formula is C16H22N2O6P+. The Morgan fingerprint density at radius 2 is 2.04 bits per heavy atom. The van der Waals surface area contributed by atoms with E-state index in [1.54, 1.807) is 19.1 Å². The van der Waals surface area contributed by atoms with E-state index in [2.05, 4.69) is 4.98 Å². The summed E-state index contributed by atoms with van der Waals surface area (Å²) in [6.45, 7) is 1.69. The van der Waals surface area contributed by atoms with Crippen LogP contribution in [0.2, 0.25) is 0 Å². The molecule has 1 unspecified atom stereocenters. The van der Waals surface area contributed by atoms with Gasteiger partial charge in [0, 0.05) is 16.3 Å². The first-order valence-corrected chi connectivity index (χ1v) is 9.55. The van der Waals surface area contributed by atoms with E-state index >= 15 is 0 Å². The van der Waals surface area contributed by atoms with Gasteiger partial charge in [-0.1, -0.05) is 25.3 Å². The van der Waals surface area contributed by atoms with E-state index in [1.807, 2.05) is 0 Å². The monoisotopic (exact) mass is 369 g/mol. The Morgan fingerprint density at radius 3 is 2.80 bits per heavy atom. The van der Waals surface area contributed by atoms with Gasteiger partial charge in [0.2, 0.25) is 0 Å². The molecule has 0 saturated heterocycles. The lowest BCUT2D eigenvalue weighted by Gasteiger charge is -2.16. The van der Waals surface area contributed by atoms with Crippen LogP contribution in [-0.4, -0.2) is 28.4 Å². The van der Waals surface area contributed by atoms with Crippen LogP contribution < -0.4 is 11.2 Å². The molecule has 0 amide bonds. The zero-order valence-electron chi connectivity index (χ0n) is 14.1. The number of rotatable bonds is 6. The molecule has 3 rings (SSSR count). The number of ether oxygens (including phenoxy) is 1. The maximum atomic E-state index is 11.9. The van der Waals surface area contributed by atoms with E-state index in [9.17, 15) is 14.2 Å². The Morgan fingerprint density at radius 1 is 1.28 bits per heavy atom. The Kier molecular flexibility index (Phi) is 5.96. The second-order valence-electron chi connectivity index (χ2n) is 6.31. The van der Waals surface area contributed by atoms with Crippen molar-refractivity contribution in [1.82, 2.24) is 9.55 Å².